The van der Waals surface area contributed by atoms with Crippen LogP contribution >= 0.6 is 0 Å². The molecule has 1 aromatic carbocycles. The fourth-order valence-electron chi connectivity index (χ4n) is 4.16. The minimum atomic E-state index is -5.08. The molecule has 0 radical (unpaired) electrons. The minimum Gasteiger partial charge on any atom is -0.493 e. The van der Waals surface area contributed by atoms with Gasteiger partial charge in [-0.1, -0.05) is 0 Å². The van der Waals surface area contributed by atoms with Crippen LogP contribution in [0, 0.1) is 16.7 Å². The summed E-state index contributed by atoms with van der Waals surface area (Å²) in [6.07, 6.45) is -1.29. The molecule has 0 atom stereocenters. The zero-order valence-corrected chi connectivity index (χ0v) is 16.9. The summed E-state index contributed by atoms with van der Waals surface area (Å²) in [4.78, 5) is 15.6. The van der Waals surface area contributed by atoms with Gasteiger partial charge in [-0.3, -0.25) is 4.98 Å². The summed E-state index contributed by atoms with van der Waals surface area (Å²) in [5, 5.41) is 17.6. The van der Waals surface area contributed by atoms with Crippen molar-refractivity contribution in [3.63, 3.8) is 0 Å². The van der Waals surface area contributed by atoms with Gasteiger partial charge < -0.3 is 25.2 Å². The van der Waals surface area contributed by atoms with Gasteiger partial charge >= 0.3 is 12.1 Å². The number of methoxy groups -OCH3 is 2. The van der Waals surface area contributed by atoms with Crippen molar-refractivity contribution in [1.82, 2.24) is 4.98 Å². The molecule has 1 spiro atoms. The number of carbonyl (C=O) groups is 1. The molecule has 3 N–H and O–H groups in total. The number of ether oxygens (including phenoxy) is 2. The predicted molar refractivity (Wildman–Crippen MR) is 105 cm³/mol. The Morgan fingerprint density at radius 1 is 1.29 bits per heavy atom. The molecule has 4 rings (SSSR count). The number of aromatic nitrogens is 1. The van der Waals surface area contributed by atoms with E-state index in [1.807, 2.05) is 12.1 Å². The first-order chi connectivity index (χ1) is 14.5. The number of alkyl halides is 3. The SMILES string of the molecule is COc1cc2ncc(C#N)c(N3CC4(CC(N)C4)C3)c2cc1OC.O=C(O)C(F)(F)F. The maximum Gasteiger partial charge on any atom is 0.490 e. The lowest BCUT2D eigenvalue weighted by molar-refractivity contribution is -0.192. The van der Waals surface area contributed by atoms with Gasteiger partial charge in [-0.05, 0) is 18.9 Å². The van der Waals surface area contributed by atoms with E-state index in [4.69, 9.17) is 25.1 Å². The summed E-state index contributed by atoms with van der Waals surface area (Å²) in [7, 11) is 3.21. The number of fused-ring (bicyclic) bond motifs is 1. The number of pyridine rings is 1. The third-order valence-electron chi connectivity index (χ3n) is 5.47. The molecule has 1 aliphatic carbocycles. The number of anilines is 1. The number of hydrogen-bond acceptors (Lipinski definition) is 7. The molecule has 31 heavy (non-hydrogen) atoms. The maximum atomic E-state index is 10.6. The van der Waals surface area contributed by atoms with Gasteiger partial charge in [-0.15, -0.1) is 0 Å². The van der Waals surface area contributed by atoms with Crippen LogP contribution in [0.15, 0.2) is 18.3 Å². The Hall–Kier alpha value is -3.26. The van der Waals surface area contributed by atoms with Gasteiger partial charge in [0.1, 0.15) is 6.07 Å². The summed E-state index contributed by atoms with van der Waals surface area (Å²) in [6.45, 7) is 1.89. The maximum absolute atomic E-state index is 10.6. The van der Waals surface area contributed by atoms with E-state index in [0.717, 1.165) is 42.5 Å². The first-order valence-corrected chi connectivity index (χ1v) is 9.29. The van der Waals surface area contributed by atoms with Crippen LogP contribution in [-0.4, -0.2) is 55.6 Å². The zero-order valence-electron chi connectivity index (χ0n) is 16.9. The van der Waals surface area contributed by atoms with E-state index in [1.165, 1.54) is 0 Å². The Morgan fingerprint density at radius 2 is 1.84 bits per heavy atom. The fourth-order valence-corrected chi connectivity index (χ4v) is 4.16. The standard InChI is InChI=1S/C18H20N4O2.C2HF3O2/c1-23-15-3-13-14(4-16(15)24-2)21-8-11(7-19)17(13)22-9-18(10-22)5-12(20)6-18;3-2(4,5)1(6)7/h3-4,8,12H,5-6,9-10,20H2,1-2H3;(H,6,7). The Labute approximate surface area is 176 Å². The summed E-state index contributed by atoms with van der Waals surface area (Å²) >= 11 is 0. The highest BCUT2D eigenvalue weighted by atomic mass is 19.4. The summed E-state index contributed by atoms with van der Waals surface area (Å²) in [5.41, 5.74) is 8.63. The van der Waals surface area contributed by atoms with Crippen molar-refractivity contribution in [2.45, 2.75) is 25.1 Å². The first kappa shape index (κ1) is 22.4. The van der Waals surface area contributed by atoms with Crippen molar-refractivity contribution in [2.24, 2.45) is 11.1 Å². The number of carboxylic acid groups (broad SMARTS) is 1. The third kappa shape index (κ3) is 4.29. The van der Waals surface area contributed by atoms with E-state index < -0.39 is 12.1 Å². The van der Waals surface area contributed by atoms with Gasteiger partial charge in [-0.25, -0.2) is 4.79 Å². The van der Waals surface area contributed by atoms with Gasteiger partial charge in [-0.2, -0.15) is 18.4 Å². The van der Waals surface area contributed by atoms with Gasteiger partial charge in [0, 0.05) is 42.2 Å². The van der Waals surface area contributed by atoms with Crippen molar-refractivity contribution in [2.75, 3.05) is 32.2 Å². The molecule has 2 aromatic rings. The second kappa shape index (κ2) is 8.11. The van der Waals surface area contributed by atoms with Crippen LogP contribution in [0.3, 0.4) is 0 Å². The fraction of sp³-hybridized carbons (Fsp3) is 0.450. The van der Waals surface area contributed by atoms with Crippen LogP contribution in [-0.2, 0) is 4.79 Å². The predicted octanol–water partition coefficient (Wildman–Crippen LogP) is 2.68. The third-order valence-corrected chi connectivity index (χ3v) is 5.47. The van der Waals surface area contributed by atoms with Crippen LogP contribution in [0.1, 0.15) is 18.4 Å². The van der Waals surface area contributed by atoms with Gasteiger partial charge in [0.15, 0.2) is 11.5 Å². The molecule has 1 saturated heterocycles. The molecule has 1 saturated carbocycles. The lowest BCUT2D eigenvalue weighted by atomic mass is 9.61. The van der Waals surface area contributed by atoms with Gasteiger partial charge in [0.05, 0.1) is 31.0 Å². The van der Waals surface area contributed by atoms with Gasteiger partial charge in [0.25, 0.3) is 0 Å². The number of nitrogens with zero attached hydrogens (tertiary/aromatic N) is 3. The molecule has 11 heteroatoms. The summed E-state index contributed by atoms with van der Waals surface area (Å²) in [5.74, 6) is -1.48. The molecular formula is C20H21F3N4O4. The van der Waals surface area contributed by atoms with E-state index in [9.17, 15) is 18.4 Å². The lowest BCUT2D eigenvalue weighted by Gasteiger charge is -2.59. The number of halogens is 3. The number of rotatable bonds is 3. The Bertz CT molecular complexity index is 1040. The van der Waals surface area contributed by atoms with Crippen molar-refractivity contribution in [1.29, 1.82) is 5.26 Å². The van der Waals surface area contributed by atoms with E-state index in [0.29, 0.717) is 28.5 Å². The topological polar surface area (TPSA) is 122 Å². The van der Waals surface area contributed by atoms with Crippen molar-refractivity contribution < 1.29 is 32.5 Å². The molecular weight excluding hydrogens is 417 g/mol. The number of benzene rings is 1. The zero-order chi connectivity index (χ0) is 23.0. The molecule has 166 valence electrons. The lowest BCUT2D eigenvalue weighted by Crippen LogP contribution is -2.65. The Balaban J connectivity index is 0.000000339. The second-order valence-corrected chi connectivity index (χ2v) is 7.68. The number of aliphatic carboxylic acids is 1. The van der Waals surface area contributed by atoms with Crippen molar-refractivity contribution >= 4 is 22.6 Å². The molecule has 2 heterocycles. The van der Waals surface area contributed by atoms with Crippen LogP contribution < -0.4 is 20.1 Å². The van der Waals surface area contributed by atoms with E-state index in [2.05, 4.69) is 16.0 Å². The number of carboxylic acids is 1. The monoisotopic (exact) mass is 438 g/mol. The molecule has 0 bridgehead atoms. The largest absolute Gasteiger partial charge is 0.493 e. The van der Waals surface area contributed by atoms with E-state index in [-0.39, 0.29) is 0 Å². The molecule has 0 amide bonds. The molecule has 1 aliphatic heterocycles. The van der Waals surface area contributed by atoms with Crippen LogP contribution in [0.5, 0.6) is 11.5 Å². The second-order valence-electron chi connectivity index (χ2n) is 7.68. The molecule has 2 aliphatic rings. The highest BCUT2D eigenvalue weighted by Crippen LogP contribution is 2.50. The Morgan fingerprint density at radius 3 is 2.29 bits per heavy atom. The van der Waals surface area contributed by atoms with Gasteiger partial charge in [0.2, 0.25) is 0 Å². The molecule has 0 unspecified atom stereocenters. The van der Waals surface area contributed by atoms with Crippen LogP contribution in [0.4, 0.5) is 18.9 Å². The molecule has 1 aromatic heterocycles. The summed E-state index contributed by atoms with van der Waals surface area (Å²) < 4.78 is 42.5. The molecule has 8 nitrogen and oxygen atoms in total. The Kier molecular flexibility index (Phi) is 5.87. The number of nitriles is 1. The molecule has 2 fully saturated rings. The highest BCUT2D eigenvalue weighted by Gasteiger charge is 2.51. The average Bonchev–Trinajstić information content (AvgIpc) is 2.67. The quantitative estimate of drug-likeness (QED) is 0.750. The average molecular weight is 438 g/mol. The minimum absolute atomic E-state index is 0.334. The van der Waals surface area contributed by atoms with Crippen LogP contribution in [0.2, 0.25) is 0 Å². The number of nitrogens with two attached hydrogens (primary N) is 1. The van der Waals surface area contributed by atoms with Crippen molar-refractivity contribution in [3.8, 4) is 17.6 Å². The van der Waals surface area contributed by atoms with E-state index in [1.54, 1.807) is 20.4 Å². The normalized spacial score (nSPS) is 17.1. The van der Waals surface area contributed by atoms with E-state index >= 15 is 0 Å². The first-order valence-electron chi connectivity index (χ1n) is 9.29. The van der Waals surface area contributed by atoms with Crippen LogP contribution in [0.25, 0.3) is 10.9 Å². The smallest absolute Gasteiger partial charge is 0.490 e. The van der Waals surface area contributed by atoms with Crippen molar-refractivity contribution in [3.05, 3.63) is 23.9 Å². The summed E-state index contributed by atoms with van der Waals surface area (Å²) in [6, 6.07) is 6.37. The highest BCUT2D eigenvalue weighted by molar-refractivity contribution is 5.97. The number of hydrogen-bond donors (Lipinski definition) is 2.